The molecular formula is C51H61N5O9S. The minimum absolute atomic E-state index is 0.00573. The Morgan fingerprint density at radius 1 is 0.727 bits per heavy atom. The van der Waals surface area contributed by atoms with Crippen molar-refractivity contribution in [3.8, 4) is 17.2 Å². The Kier molecular flexibility index (Phi) is 19.4. The zero-order valence-corrected chi connectivity index (χ0v) is 39.5. The van der Waals surface area contributed by atoms with Crippen LogP contribution in [0.2, 0.25) is 0 Å². The van der Waals surface area contributed by atoms with E-state index >= 15 is 0 Å². The van der Waals surface area contributed by atoms with Gasteiger partial charge in [0.15, 0.2) is 0 Å². The van der Waals surface area contributed by atoms with Crippen molar-refractivity contribution in [2.45, 2.75) is 43.5 Å². The number of thioether (sulfide) groups is 1. The Labute approximate surface area is 392 Å². The van der Waals surface area contributed by atoms with Crippen molar-refractivity contribution in [3.63, 3.8) is 0 Å². The van der Waals surface area contributed by atoms with Crippen molar-refractivity contribution in [2.75, 3.05) is 73.8 Å². The second-order valence-corrected chi connectivity index (χ2v) is 17.6. The Bertz CT molecular complexity index is 2260. The highest BCUT2D eigenvalue weighted by atomic mass is 32.2. The number of amides is 2. The fraction of sp³-hybridized carbons (Fsp3) is 0.353. The lowest BCUT2D eigenvalue weighted by molar-refractivity contribution is -0.384. The first-order valence-electron chi connectivity index (χ1n) is 21.9. The van der Waals surface area contributed by atoms with Gasteiger partial charge in [-0.15, -0.1) is 11.8 Å². The molecule has 2 amide bonds. The molecule has 1 N–H and O–H groups in total. The second kappa shape index (κ2) is 25.3. The second-order valence-electron chi connectivity index (χ2n) is 16.3. The average Bonchev–Trinajstić information content (AvgIpc) is 3.31. The molecule has 0 saturated heterocycles. The van der Waals surface area contributed by atoms with Crippen LogP contribution in [0.15, 0.2) is 127 Å². The first-order chi connectivity index (χ1) is 31.8. The number of hydrogen-bond donors (Lipinski definition) is 1. The van der Waals surface area contributed by atoms with E-state index in [1.165, 1.54) is 24.3 Å². The summed E-state index contributed by atoms with van der Waals surface area (Å²) in [6.07, 6.45) is -0.766. The monoisotopic (exact) mass is 919 g/mol. The maximum atomic E-state index is 13.5. The maximum absolute atomic E-state index is 13.5. The molecule has 350 valence electrons. The van der Waals surface area contributed by atoms with Gasteiger partial charge in [-0.3, -0.25) is 14.9 Å². The zero-order valence-electron chi connectivity index (χ0n) is 38.6. The number of rotatable bonds is 24. The molecule has 0 radical (unpaired) electrons. The van der Waals surface area contributed by atoms with Crippen LogP contribution < -0.4 is 19.5 Å². The van der Waals surface area contributed by atoms with E-state index in [0.29, 0.717) is 42.3 Å². The number of nitro benzene ring substituents is 1. The van der Waals surface area contributed by atoms with Crippen LogP contribution in [0.4, 0.5) is 15.3 Å². The van der Waals surface area contributed by atoms with Gasteiger partial charge >= 0.3 is 12.2 Å². The van der Waals surface area contributed by atoms with Gasteiger partial charge in [0, 0.05) is 43.9 Å². The molecule has 0 aliphatic rings. The Hall–Kier alpha value is -6.42. The molecule has 0 spiro atoms. The third-order valence-electron chi connectivity index (χ3n) is 10.8. The number of nitro groups is 1. The number of nitrogens with zero attached hydrogens (tertiary/aromatic N) is 4. The normalized spacial score (nSPS) is 11.8. The van der Waals surface area contributed by atoms with Crippen molar-refractivity contribution in [2.24, 2.45) is 0 Å². The predicted octanol–water partition coefficient (Wildman–Crippen LogP) is 9.49. The lowest BCUT2D eigenvalue weighted by Gasteiger charge is -2.35. The molecular weight excluding hydrogens is 859 g/mol. The Morgan fingerprint density at radius 2 is 1.29 bits per heavy atom. The van der Waals surface area contributed by atoms with Gasteiger partial charge in [0.05, 0.1) is 16.8 Å². The smallest absolute Gasteiger partial charge is 0.497 e. The highest BCUT2D eigenvalue weighted by molar-refractivity contribution is 8.00. The third-order valence-corrected chi connectivity index (χ3v) is 12.4. The number of nitrogens with one attached hydrogen (secondary N) is 1. The number of aryl methyl sites for hydroxylation is 1. The van der Waals surface area contributed by atoms with E-state index in [-0.39, 0.29) is 30.2 Å². The van der Waals surface area contributed by atoms with E-state index in [0.717, 1.165) is 48.4 Å². The highest BCUT2D eigenvalue weighted by Gasteiger charge is 2.37. The van der Waals surface area contributed by atoms with Crippen LogP contribution in [0.25, 0.3) is 0 Å². The van der Waals surface area contributed by atoms with Crippen LogP contribution in [0.3, 0.4) is 0 Å². The number of benzene rings is 5. The van der Waals surface area contributed by atoms with Gasteiger partial charge in [-0.2, -0.15) is 0 Å². The van der Waals surface area contributed by atoms with E-state index in [4.69, 9.17) is 18.9 Å². The summed E-state index contributed by atoms with van der Waals surface area (Å²) in [6.45, 7) is 4.88. The van der Waals surface area contributed by atoms with Crippen LogP contribution >= 0.6 is 11.8 Å². The summed E-state index contributed by atoms with van der Waals surface area (Å²) in [5.74, 6) is 1.48. The maximum Gasteiger partial charge on any atom is 0.514 e. The molecule has 14 nitrogen and oxygen atoms in total. The van der Waals surface area contributed by atoms with Crippen molar-refractivity contribution in [1.29, 1.82) is 0 Å². The van der Waals surface area contributed by atoms with Crippen LogP contribution in [-0.4, -0.2) is 112 Å². The Morgan fingerprint density at radius 3 is 1.82 bits per heavy atom. The quantitative estimate of drug-likeness (QED) is 0.0157. The standard InChI is InChI=1S/C51H61N5O9S/c1-38-37-39(19-28-46(38)64-49(58)55(34-13-32-53(2)3)35-14-33-54(4)5)47(65-50(59)63-45-26-22-43(23-27-45)56(60)61)29-30-48(57)52-31-36-66-51(40-15-9-7-10-16-40,41-17-11-8-12-18-41)42-20-24-44(62-6)25-21-42/h7-12,15-28,37,47H,13-14,29-36H2,1-6H3,(H,52,57). The highest BCUT2D eigenvalue weighted by Crippen LogP contribution is 2.48. The van der Waals surface area contributed by atoms with Gasteiger partial charge in [0.2, 0.25) is 5.91 Å². The van der Waals surface area contributed by atoms with Gasteiger partial charge < -0.3 is 39.0 Å². The summed E-state index contributed by atoms with van der Waals surface area (Å²) in [5.41, 5.74) is 4.26. The van der Waals surface area contributed by atoms with Crippen LogP contribution in [-0.2, 0) is 14.3 Å². The Balaban J connectivity index is 1.30. The van der Waals surface area contributed by atoms with Gasteiger partial charge in [0.1, 0.15) is 23.4 Å². The summed E-state index contributed by atoms with van der Waals surface area (Å²) in [6, 6.07) is 38.8. The van der Waals surface area contributed by atoms with Crippen LogP contribution in [0, 0.1) is 17.0 Å². The zero-order chi connectivity index (χ0) is 47.5. The molecule has 66 heavy (non-hydrogen) atoms. The number of methoxy groups -OCH3 is 1. The summed E-state index contributed by atoms with van der Waals surface area (Å²) < 4.78 is 22.0. The SMILES string of the molecule is COc1ccc(C(SCCNC(=O)CCC(OC(=O)Oc2ccc([N+](=O)[O-])cc2)c2ccc(OC(=O)N(CCCN(C)C)CCCN(C)C)c(C)c2)(c2ccccc2)c2ccccc2)cc1. The molecule has 1 unspecified atom stereocenters. The number of carbonyl (C=O) groups excluding carboxylic acids is 3. The van der Waals surface area contributed by atoms with E-state index in [9.17, 15) is 24.5 Å². The summed E-state index contributed by atoms with van der Waals surface area (Å²) in [5, 5.41) is 14.2. The lowest BCUT2D eigenvalue weighted by Crippen LogP contribution is -2.37. The van der Waals surface area contributed by atoms with Gasteiger partial charge in [-0.1, -0.05) is 78.9 Å². The molecule has 0 bridgehead atoms. The molecule has 15 heteroatoms. The fourth-order valence-electron chi connectivity index (χ4n) is 7.43. The topological polar surface area (TPSA) is 153 Å². The van der Waals surface area contributed by atoms with Crippen molar-refractivity contribution in [3.05, 3.63) is 165 Å². The number of carbonyl (C=O) groups is 3. The predicted molar refractivity (Wildman–Crippen MR) is 259 cm³/mol. The molecule has 0 saturated carbocycles. The molecule has 5 aromatic rings. The van der Waals surface area contributed by atoms with E-state index < -0.39 is 28.0 Å². The van der Waals surface area contributed by atoms with E-state index in [2.05, 4.69) is 51.5 Å². The number of ether oxygens (including phenoxy) is 4. The van der Waals surface area contributed by atoms with Crippen molar-refractivity contribution in [1.82, 2.24) is 20.0 Å². The molecule has 0 fully saturated rings. The molecule has 5 aromatic carbocycles. The molecule has 0 heterocycles. The van der Waals surface area contributed by atoms with E-state index in [1.807, 2.05) is 76.7 Å². The van der Waals surface area contributed by atoms with E-state index in [1.54, 1.807) is 48.9 Å². The van der Waals surface area contributed by atoms with Crippen LogP contribution in [0.5, 0.6) is 17.2 Å². The van der Waals surface area contributed by atoms with Crippen molar-refractivity contribution < 1.29 is 38.3 Å². The van der Waals surface area contributed by atoms with Gasteiger partial charge in [-0.05, 0) is 132 Å². The van der Waals surface area contributed by atoms with Gasteiger partial charge in [0.25, 0.3) is 5.69 Å². The number of hydrogen-bond acceptors (Lipinski definition) is 12. The lowest BCUT2D eigenvalue weighted by atomic mass is 9.84. The number of non-ortho nitro benzene ring substituents is 1. The van der Waals surface area contributed by atoms with Crippen molar-refractivity contribution >= 4 is 35.6 Å². The average molecular weight is 920 g/mol. The molecule has 0 aromatic heterocycles. The first kappa shape index (κ1) is 50.6. The minimum Gasteiger partial charge on any atom is -0.497 e. The largest absolute Gasteiger partial charge is 0.514 e. The summed E-state index contributed by atoms with van der Waals surface area (Å²) in [4.78, 5) is 56.7. The minimum atomic E-state index is -1.05. The summed E-state index contributed by atoms with van der Waals surface area (Å²) >= 11 is 1.71. The molecule has 0 aliphatic heterocycles. The third kappa shape index (κ3) is 14.8. The molecule has 0 aliphatic carbocycles. The first-order valence-corrected chi connectivity index (χ1v) is 22.9. The molecule has 1 atom stereocenters. The molecule has 5 rings (SSSR count). The summed E-state index contributed by atoms with van der Waals surface area (Å²) in [7, 11) is 9.61. The fourth-order valence-corrected chi connectivity index (χ4v) is 8.85. The van der Waals surface area contributed by atoms with Gasteiger partial charge in [-0.25, -0.2) is 9.59 Å². The van der Waals surface area contributed by atoms with Crippen LogP contribution in [0.1, 0.15) is 59.6 Å².